The van der Waals surface area contributed by atoms with Crippen molar-refractivity contribution in [3.63, 3.8) is 0 Å². The van der Waals surface area contributed by atoms with Crippen LogP contribution in [0.5, 0.6) is 5.75 Å². The highest BCUT2D eigenvalue weighted by Crippen LogP contribution is 2.39. The van der Waals surface area contributed by atoms with Gasteiger partial charge in [0.1, 0.15) is 5.75 Å². The normalized spacial score (nSPS) is 17.3. The Bertz CT molecular complexity index is 988. The summed E-state index contributed by atoms with van der Waals surface area (Å²) in [7, 11) is 4.02. The number of Topliss-reactive ketones (excluding diaryl/α,β-unsaturated/α-hetero) is 1. The van der Waals surface area contributed by atoms with Gasteiger partial charge < -0.3 is 9.64 Å². The van der Waals surface area contributed by atoms with Crippen LogP contribution >= 0.6 is 0 Å². The van der Waals surface area contributed by atoms with E-state index in [4.69, 9.17) is 4.74 Å². The van der Waals surface area contributed by atoms with E-state index in [9.17, 15) is 4.79 Å². The molecule has 1 aliphatic heterocycles. The first-order chi connectivity index (χ1) is 13.1. The maximum absolute atomic E-state index is 13.2. The number of nitrogens with zero attached hydrogens (tertiary/aromatic N) is 1. The molecule has 4 rings (SSSR count). The average Bonchev–Trinajstić information content (AvgIpc) is 2.71. The first-order valence-electron chi connectivity index (χ1n) is 8.98. The Balaban J connectivity index is 1.80. The molecule has 1 atom stereocenters. The minimum absolute atomic E-state index is 0.0161. The van der Waals surface area contributed by atoms with Crippen molar-refractivity contribution in [1.82, 2.24) is 0 Å². The number of rotatable bonds is 3. The van der Waals surface area contributed by atoms with Crippen molar-refractivity contribution in [2.45, 2.75) is 6.10 Å². The van der Waals surface area contributed by atoms with Crippen LogP contribution in [0.1, 0.15) is 27.6 Å². The van der Waals surface area contributed by atoms with Crippen molar-refractivity contribution in [1.29, 1.82) is 0 Å². The summed E-state index contributed by atoms with van der Waals surface area (Å²) in [4.78, 5) is 15.3. The fourth-order valence-corrected chi connectivity index (χ4v) is 3.29. The molecule has 0 saturated carbocycles. The van der Waals surface area contributed by atoms with Gasteiger partial charge in [0.05, 0.1) is 5.56 Å². The predicted octanol–water partition coefficient (Wildman–Crippen LogP) is 5.15. The molecule has 0 fully saturated rings. The van der Waals surface area contributed by atoms with Gasteiger partial charge in [0.25, 0.3) is 0 Å². The highest BCUT2D eigenvalue weighted by Gasteiger charge is 2.32. The lowest BCUT2D eigenvalue weighted by Crippen LogP contribution is -2.23. The first-order valence-corrected chi connectivity index (χ1v) is 8.98. The van der Waals surface area contributed by atoms with Crippen LogP contribution in [0.4, 0.5) is 5.69 Å². The Morgan fingerprint density at radius 3 is 2.22 bits per heavy atom. The second-order valence-corrected chi connectivity index (χ2v) is 6.82. The third-order valence-electron chi connectivity index (χ3n) is 4.76. The van der Waals surface area contributed by atoms with Crippen LogP contribution in [-0.2, 0) is 0 Å². The standard InChI is InChI=1S/C24H21NO2/c1-25(2)19-14-12-17(13-15-19)16-21-23(26)20-10-6-7-11-22(20)27-24(21)18-8-4-3-5-9-18/h3-16,24H,1-2H3/b21-16-. The first kappa shape index (κ1) is 17.1. The molecule has 1 heterocycles. The van der Waals surface area contributed by atoms with Crippen LogP contribution in [0.2, 0.25) is 0 Å². The fourth-order valence-electron chi connectivity index (χ4n) is 3.29. The molecule has 0 aliphatic carbocycles. The third-order valence-corrected chi connectivity index (χ3v) is 4.76. The van der Waals surface area contributed by atoms with Gasteiger partial charge >= 0.3 is 0 Å². The number of fused-ring (bicyclic) bond motifs is 1. The van der Waals surface area contributed by atoms with Gasteiger partial charge in [-0.3, -0.25) is 4.79 Å². The van der Waals surface area contributed by atoms with Gasteiger partial charge in [0.15, 0.2) is 11.9 Å². The van der Waals surface area contributed by atoms with Crippen molar-refractivity contribution in [3.8, 4) is 5.75 Å². The Hall–Kier alpha value is -3.33. The van der Waals surface area contributed by atoms with Crippen molar-refractivity contribution >= 4 is 17.5 Å². The van der Waals surface area contributed by atoms with E-state index in [2.05, 4.69) is 4.90 Å². The van der Waals surface area contributed by atoms with E-state index < -0.39 is 6.10 Å². The van der Waals surface area contributed by atoms with Gasteiger partial charge in [-0.2, -0.15) is 0 Å². The number of anilines is 1. The molecule has 3 aromatic rings. The molecule has 27 heavy (non-hydrogen) atoms. The number of carbonyl (C=O) groups excluding carboxylic acids is 1. The summed E-state index contributed by atoms with van der Waals surface area (Å²) in [5, 5.41) is 0. The molecule has 3 nitrogen and oxygen atoms in total. The van der Waals surface area contributed by atoms with Crippen LogP contribution in [0.3, 0.4) is 0 Å². The maximum atomic E-state index is 13.2. The predicted molar refractivity (Wildman–Crippen MR) is 109 cm³/mol. The van der Waals surface area contributed by atoms with E-state index in [0.29, 0.717) is 16.9 Å². The molecule has 3 aromatic carbocycles. The van der Waals surface area contributed by atoms with Gasteiger partial charge in [-0.05, 0) is 41.5 Å². The summed E-state index contributed by atoms with van der Waals surface area (Å²) in [5.41, 5.74) is 4.33. The van der Waals surface area contributed by atoms with E-state index in [1.54, 1.807) is 0 Å². The zero-order valence-corrected chi connectivity index (χ0v) is 15.4. The van der Waals surface area contributed by atoms with Gasteiger partial charge in [-0.25, -0.2) is 0 Å². The molecule has 1 aliphatic rings. The maximum Gasteiger partial charge on any atom is 0.196 e. The van der Waals surface area contributed by atoms with Gasteiger partial charge in [0.2, 0.25) is 0 Å². The highest BCUT2D eigenvalue weighted by atomic mass is 16.5. The van der Waals surface area contributed by atoms with E-state index in [1.807, 2.05) is 99.0 Å². The molecule has 0 bridgehead atoms. The summed E-state index contributed by atoms with van der Waals surface area (Å²) in [6.07, 6.45) is 1.53. The number of benzene rings is 3. The van der Waals surface area contributed by atoms with Crippen LogP contribution in [0.25, 0.3) is 6.08 Å². The van der Waals surface area contributed by atoms with Crippen molar-refractivity contribution in [2.24, 2.45) is 0 Å². The van der Waals surface area contributed by atoms with Crippen molar-refractivity contribution < 1.29 is 9.53 Å². The number of hydrogen-bond donors (Lipinski definition) is 0. The summed E-state index contributed by atoms with van der Waals surface area (Å²) in [6, 6.07) is 25.5. The molecule has 0 N–H and O–H groups in total. The molecule has 1 unspecified atom stereocenters. The highest BCUT2D eigenvalue weighted by molar-refractivity contribution is 6.14. The minimum atomic E-state index is -0.415. The number of carbonyl (C=O) groups is 1. The summed E-state index contributed by atoms with van der Waals surface area (Å²) >= 11 is 0. The lowest BCUT2D eigenvalue weighted by molar-refractivity contribution is 0.0963. The summed E-state index contributed by atoms with van der Waals surface area (Å²) in [6.45, 7) is 0. The molecular formula is C24H21NO2. The molecule has 0 saturated heterocycles. The fraction of sp³-hybridized carbons (Fsp3) is 0.125. The second-order valence-electron chi connectivity index (χ2n) is 6.82. The second kappa shape index (κ2) is 7.12. The molecule has 0 aromatic heterocycles. The van der Waals surface area contributed by atoms with Crippen LogP contribution in [-0.4, -0.2) is 19.9 Å². The average molecular weight is 355 g/mol. The third kappa shape index (κ3) is 3.36. The lowest BCUT2D eigenvalue weighted by Gasteiger charge is -2.28. The Morgan fingerprint density at radius 1 is 0.852 bits per heavy atom. The molecule has 0 amide bonds. The Kier molecular flexibility index (Phi) is 4.51. The van der Waals surface area contributed by atoms with E-state index in [1.165, 1.54) is 0 Å². The summed E-state index contributed by atoms with van der Waals surface area (Å²) < 4.78 is 6.24. The molecule has 0 spiro atoms. The van der Waals surface area contributed by atoms with Crippen LogP contribution in [0, 0.1) is 0 Å². The van der Waals surface area contributed by atoms with Gasteiger partial charge in [-0.15, -0.1) is 0 Å². The molecule has 134 valence electrons. The molecule has 3 heteroatoms. The van der Waals surface area contributed by atoms with E-state index in [0.717, 1.165) is 16.8 Å². The molecule has 0 radical (unpaired) electrons. The van der Waals surface area contributed by atoms with Gasteiger partial charge in [-0.1, -0.05) is 54.6 Å². The number of ketones is 1. The number of ether oxygens (including phenoxy) is 1. The van der Waals surface area contributed by atoms with E-state index >= 15 is 0 Å². The quantitative estimate of drug-likeness (QED) is 0.608. The summed E-state index contributed by atoms with van der Waals surface area (Å²) in [5.74, 6) is 0.652. The van der Waals surface area contributed by atoms with Crippen molar-refractivity contribution in [3.05, 3.63) is 101 Å². The van der Waals surface area contributed by atoms with Crippen molar-refractivity contribution in [2.75, 3.05) is 19.0 Å². The topological polar surface area (TPSA) is 29.5 Å². The zero-order chi connectivity index (χ0) is 18.8. The van der Waals surface area contributed by atoms with Crippen LogP contribution < -0.4 is 9.64 Å². The molecular weight excluding hydrogens is 334 g/mol. The lowest BCUT2D eigenvalue weighted by atomic mass is 9.89. The zero-order valence-electron chi connectivity index (χ0n) is 15.4. The number of para-hydroxylation sites is 1. The largest absolute Gasteiger partial charge is 0.480 e. The van der Waals surface area contributed by atoms with Gasteiger partial charge in [0, 0.05) is 25.4 Å². The van der Waals surface area contributed by atoms with Crippen LogP contribution in [0.15, 0.2) is 84.4 Å². The Labute approximate surface area is 159 Å². The monoisotopic (exact) mass is 355 g/mol. The Morgan fingerprint density at radius 2 is 1.52 bits per heavy atom. The van der Waals surface area contributed by atoms with E-state index in [-0.39, 0.29) is 5.78 Å². The number of hydrogen-bond acceptors (Lipinski definition) is 3. The SMILES string of the molecule is CN(C)c1ccc(/C=C2/C(=O)c3ccccc3OC2c2ccccc2)cc1. The smallest absolute Gasteiger partial charge is 0.196 e. The minimum Gasteiger partial charge on any atom is -0.480 e.